The molecule has 11 heteroatoms. The molecule has 0 atom stereocenters. The standard InChI is InChI=1S/C21H21FN6O2S.ClH/c22-18-8-13(14-9-25-28(10-14)15-1-3-23-4-2-15)7-16-17(18)11-27(20(16)30)12-19(29)26-21-24-5-6-31-21;/h5-10,15,23H,1-4,11-12H2,(H,24,26,29);1H. The summed E-state index contributed by atoms with van der Waals surface area (Å²) in [7, 11) is 0. The fraction of sp³-hybridized carbons (Fsp3) is 0.333. The Balaban J connectivity index is 0.00000245. The normalized spacial score (nSPS) is 16.0. The van der Waals surface area contributed by atoms with Crippen LogP contribution < -0.4 is 10.6 Å². The summed E-state index contributed by atoms with van der Waals surface area (Å²) in [4.78, 5) is 30.4. The van der Waals surface area contributed by atoms with E-state index >= 15 is 0 Å². The van der Waals surface area contributed by atoms with E-state index < -0.39 is 5.82 Å². The largest absolute Gasteiger partial charge is 0.325 e. The van der Waals surface area contributed by atoms with Gasteiger partial charge < -0.3 is 15.5 Å². The van der Waals surface area contributed by atoms with Gasteiger partial charge in [-0.15, -0.1) is 23.7 Å². The molecule has 2 N–H and O–H groups in total. The van der Waals surface area contributed by atoms with Gasteiger partial charge in [0.2, 0.25) is 5.91 Å². The van der Waals surface area contributed by atoms with Crippen molar-refractivity contribution < 1.29 is 14.0 Å². The molecule has 2 amide bonds. The molecule has 32 heavy (non-hydrogen) atoms. The van der Waals surface area contributed by atoms with Crippen LogP contribution in [0, 0.1) is 5.82 Å². The number of thiazole rings is 1. The van der Waals surface area contributed by atoms with Crippen molar-refractivity contribution in [3.05, 3.63) is 53.0 Å². The Morgan fingerprint density at radius 1 is 1.28 bits per heavy atom. The van der Waals surface area contributed by atoms with Gasteiger partial charge in [-0.3, -0.25) is 14.3 Å². The number of benzene rings is 1. The number of anilines is 1. The van der Waals surface area contributed by atoms with Crippen molar-refractivity contribution in [1.82, 2.24) is 25.0 Å². The molecule has 1 aromatic carbocycles. The third-order valence-corrected chi connectivity index (χ3v) is 6.38. The number of carbonyl (C=O) groups is 2. The predicted molar refractivity (Wildman–Crippen MR) is 121 cm³/mol. The molecule has 0 spiro atoms. The van der Waals surface area contributed by atoms with Gasteiger partial charge in [-0.05, 0) is 43.6 Å². The second-order valence-corrected chi connectivity index (χ2v) is 8.62. The molecule has 2 aromatic heterocycles. The van der Waals surface area contributed by atoms with E-state index in [1.165, 1.54) is 22.3 Å². The summed E-state index contributed by atoms with van der Waals surface area (Å²) in [6.45, 7) is 1.82. The predicted octanol–water partition coefficient (Wildman–Crippen LogP) is 3.09. The van der Waals surface area contributed by atoms with Crippen LogP contribution in [-0.4, -0.2) is 51.1 Å². The van der Waals surface area contributed by atoms with Gasteiger partial charge in [-0.25, -0.2) is 9.37 Å². The van der Waals surface area contributed by atoms with E-state index in [2.05, 4.69) is 20.7 Å². The number of nitrogens with one attached hydrogen (secondary N) is 2. The Labute approximate surface area is 194 Å². The molecule has 0 aliphatic carbocycles. The van der Waals surface area contributed by atoms with E-state index in [1.54, 1.807) is 23.8 Å². The maximum Gasteiger partial charge on any atom is 0.255 e. The van der Waals surface area contributed by atoms with Crippen LogP contribution in [0.15, 0.2) is 36.1 Å². The molecular formula is C21H22ClFN6O2S. The van der Waals surface area contributed by atoms with E-state index in [4.69, 9.17) is 0 Å². The molecule has 2 aliphatic rings. The Bertz CT molecular complexity index is 1130. The number of piperidine rings is 1. The fourth-order valence-electron chi connectivity index (χ4n) is 4.09. The van der Waals surface area contributed by atoms with Gasteiger partial charge in [0.25, 0.3) is 5.91 Å². The third kappa shape index (κ3) is 4.38. The average molecular weight is 477 g/mol. The molecule has 1 saturated heterocycles. The van der Waals surface area contributed by atoms with Crippen LogP contribution >= 0.6 is 23.7 Å². The van der Waals surface area contributed by atoms with Crippen LogP contribution in [0.4, 0.5) is 9.52 Å². The molecular weight excluding hydrogens is 455 g/mol. The second-order valence-electron chi connectivity index (χ2n) is 7.72. The molecule has 3 aromatic rings. The van der Waals surface area contributed by atoms with E-state index in [1.807, 2.05) is 10.9 Å². The van der Waals surface area contributed by atoms with Gasteiger partial charge >= 0.3 is 0 Å². The minimum absolute atomic E-state index is 0. The number of carbonyl (C=O) groups excluding carboxylic acids is 2. The first-order chi connectivity index (χ1) is 15.1. The topological polar surface area (TPSA) is 92.2 Å². The monoisotopic (exact) mass is 476 g/mol. The SMILES string of the molecule is Cl.O=C(CN1Cc2c(F)cc(-c3cnn(C4CCNCC4)c3)cc2C1=O)Nc1nccs1. The van der Waals surface area contributed by atoms with E-state index in [-0.39, 0.29) is 37.3 Å². The van der Waals surface area contributed by atoms with Gasteiger partial charge in [0.1, 0.15) is 12.4 Å². The lowest BCUT2D eigenvalue weighted by Gasteiger charge is -2.22. The highest BCUT2D eigenvalue weighted by atomic mass is 35.5. The zero-order valence-electron chi connectivity index (χ0n) is 17.1. The Morgan fingerprint density at radius 3 is 2.84 bits per heavy atom. The van der Waals surface area contributed by atoms with Crippen molar-refractivity contribution in [2.45, 2.75) is 25.4 Å². The Hall–Kier alpha value is -2.82. The van der Waals surface area contributed by atoms with Crippen LogP contribution in [0.2, 0.25) is 0 Å². The highest BCUT2D eigenvalue weighted by Crippen LogP contribution is 2.31. The van der Waals surface area contributed by atoms with Crippen molar-refractivity contribution in [3.8, 4) is 11.1 Å². The molecule has 1 fully saturated rings. The molecule has 0 bridgehead atoms. The highest BCUT2D eigenvalue weighted by Gasteiger charge is 2.32. The first-order valence-electron chi connectivity index (χ1n) is 10.1. The van der Waals surface area contributed by atoms with Gasteiger partial charge in [0.05, 0.1) is 18.8 Å². The fourth-order valence-corrected chi connectivity index (χ4v) is 4.64. The lowest BCUT2D eigenvalue weighted by atomic mass is 10.0. The van der Waals surface area contributed by atoms with E-state index in [0.717, 1.165) is 31.5 Å². The second kappa shape index (κ2) is 9.35. The molecule has 5 rings (SSSR count). The van der Waals surface area contributed by atoms with Gasteiger partial charge in [-0.2, -0.15) is 5.10 Å². The summed E-state index contributed by atoms with van der Waals surface area (Å²) < 4.78 is 16.8. The van der Waals surface area contributed by atoms with Crippen molar-refractivity contribution in [3.63, 3.8) is 0 Å². The number of hydrogen-bond acceptors (Lipinski definition) is 6. The molecule has 0 unspecified atom stereocenters. The van der Waals surface area contributed by atoms with E-state index in [9.17, 15) is 14.0 Å². The number of halogens is 2. The molecule has 2 aliphatic heterocycles. The van der Waals surface area contributed by atoms with E-state index in [0.29, 0.717) is 27.9 Å². The smallest absolute Gasteiger partial charge is 0.255 e. The van der Waals surface area contributed by atoms with Gasteiger partial charge in [-0.1, -0.05) is 0 Å². The van der Waals surface area contributed by atoms with Crippen LogP contribution in [-0.2, 0) is 11.3 Å². The van der Waals surface area contributed by atoms with Gasteiger partial charge in [0.15, 0.2) is 5.13 Å². The summed E-state index contributed by atoms with van der Waals surface area (Å²) in [5.74, 6) is -1.16. The van der Waals surface area contributed by atoms with Crippen molar-refractivity contribution >= 4 is 40.7 Å². The quantitative estimate of drug-likeness (QED) is 0.590. The van der Waals surface area contributed by atoms with Gasteiger partial charge in [0, 0.05) is 34.5 Å². The van der Waals surface area contributed by atoms with Crippen LogP contribution in [0.3, 0.4) is 0 Å². The summed E-state index contributed by atoms with van der Waals surface area (Å²) >= 11 is 1.29. The number of rotatable bonds is 5. The lowest BCUT2D eigenvalue weighted by Crippen LogP contribution is -2.33. The lowest BCUT2D eigenvalue weighted by molar-refractivity contribution is -0.116. The minimum Gasteiger partial charge on any atom is -0.325 e. The van der Waals surface area contributed by atoms with Crippen molar-refractivity contribution in [1.29, 1.82) is 0 Å². The number of aromatic nitrogens is 3. The molecule has 8 nitrogen and oxygen atoms in total. The number of hydrogen-bond donors (Lipinski definition) is 2. The molecule has 0 radical (unpaired) electrons. The highest BCUT2D eigenvalue weighted by molar-refractivity contribution is 7.13. The molecule has 0 saturated carbocycles. The number of nitrogens with zero attached hydrogens (tertiary/aromatic N) is 4. The first kappa shape index (κ1) is 22.4. The maximum atomic E-state index is 14.9. The van der Waals surface area contributed by atoms with Crippen molar-refractivity contribution in [2.75, 3.05) is 25.0 Å². The number of fused-ring (bicyclic) bond motifs is 1. The number of amides is 2. The minimum atomic E-state index is -0.446. The van der Waals surface area contributed by atoms with Crippen LogP contribution in [0.5, 0.6) is 0 Å². The third-order valence-electron chi connectivity index (χ3n) is 5.69. The van der Waals surface area contributed by atoms with Crippen LogP contribution in [0.1, 0.15) is 34.8 Å². The summed E-state index contributed by atoms with van der Waals surface area (Å²) in [5.41, 5.74) is 2.00. The zero-order valence-corrected chi connectivity index (χ0v) is 18.7. The zero-order chi connectivity index (χ0) is 21.4. The molecule has 4 heterocycles. The first-order valence-corrected chi connectivity index (χ1v) is 11.0. The Morgan fingerprint density at radius 2 is 2.09 bits per heavy atom. The Kier molecular flexibility index (Phi) is 6.54. The summed E-state index contributed by atoms with van der Waals surface area (Å²) in [5, 5.41) is 12.7. The summed E-state index contributed by atoms with van der Waals surface area (Å²) in [6, 6.07) is 3.46. The maximum absolute atomic E-state index is 14.9. The average Bonchev–Trinajstić information content (AvgIpc) is 3.51. The summed E-state index contributed by atoms with van der Waals surface area (Å²) in [6.07, 6.45) is 7.20. The van der Waals surface area contributed by atoms with Crippen LogP contribution in [0.25, 0.3) is 11.1 Å². The molecule has 168 valence electrons. The van der Waals surface area contributed by atoms with Crippen molar-refractivity contribution in [2.24, 2.45) is 0 Å².